The predicted octanol–water partition coefficient (Wildman–Crippen LogP) is 21.4. The van der Waals surface area contributed by atoms with Crippen molar-refractivity contribution in [1.82, 2.24) is 0 Å². The van der Waals surface area contributed by atoms with Crippen molar-refractivity contribution >= 4 is 39.5 Å². The van der Waals surface area contributed by atoms with Gasteiger partial charge in [0.2, 0.25) is 0 Å². The number of phosphoric acid groups is 2. The molecule has 0 saturated heterocycles. The molecule has 3 N–H and O–H groups in total. The lowest BCUT2D eigenvalue weighted by Crippen LogP contribution is -2.30. The minimum absolute atomic E-state index is 0.102. The van der Waals surface area contributed by atoms with Crippen LogP contribution in [0.15, 0.2) is 0 Å². The zero-order valence-corrected chi connectivity index (χ0v) is 62.5. The molecule has 0 amide bonds. The van der Waals surface area contributed by atoms with Crippen LogP contribution in [0.25, 0.3) is 0 Å². The number of esters is 4. The Morgan fingerprint density at radius 3 is 0.731 bits per heavy atom. The van der Waals surface area contributed by atoms with Crippen LogP contribution in [0.5, 0.6) is 0 Å². The summed E-state index contributed by atoms with van der Waals surface area (Å²) in [5.74, 6) is 0.151. The molecule has 0 aromatic rings. The molecule has 0 rings (SSSR count). The van der Waals surface area contributed by atoms with Crippen molar-refractivity contribution in [2.75, 3.05) is 39.6 Å². The minimum atomic E-state index is -4.96. The number of ether oxygens (including phenoxy) is 4. The number of carbonyl (C=O) groups excluding carboxylic acids is 4. The zero-order valence-electron chi connectivity index (χ0n) is 60.7. The van der Waals surface area contributed by atoms with Crippen molar-refractivity contribution in [3.8, 4) is 0 Å². The molecule has 2 unspecified atom stereocenters. The number of unbranched alkanes of at least 4 members (excludes halogenated alkanes) is 40. The van der Waals surface area contributed by atoms with Crippen LogP contribution in [-0.2, 0) is 65.4 Å². The highest BCUT2D eigenvalue weighted by Crippen LogP contribution is 2.45. The van der Waals surface area contributed by atoms with E-state index in [1.165, 1.54) is 180 Å². The second kappa shape index (κ2) is 64.7. The standard InChI is InChI=1S/C74H144O17P2/c1-8-9-10-11-12-33-41-48-55-71(76)84-62-70(91-74(79)58-51-44-37-36-40-47-54-67(6)7)64-89-93(82,83)87-60-68(75)59-86-92(80,81)88-63-69(90-73(78)57-50-43-35-30-26-22-18-14-16-20-24-28-32-39-46-53-66(4)5)61-85-72(77)56-49-42-34-29-25-21-17-13-15-19-23-27-31-38-45-52-65(2)3/h65-70,75H,8-64H2,1-7H3,(H,80,81)(H,82,83)/t68-,69-,70-/m1/s1. The molecule has 0 aliphatic rings. The summed E-state index contributed by atoms with van der Waals surface area (Å²) < 4.78 is 68.3. The van der Waals surface area contributed by atoms with Gasteiger partial charge in [-0.05, 0) is 43.4 Å². The van der Waals surface area contributed by atoms with Crippen LogP contribution in [0.3, 0.4) is 0 Å². The summed E-state index contributed by atoms with van der Waals surface area (Å²) in [5.41, 5.74) is 0. The van der Waals surface area contributed by atoms with Crippen LogP contribution >= 0.6 is 15.6 Å². The van der Waals surface area contributed by atoms with Gasteiger partial charge in [0.05, 0.1) is 26.4 Å². The molecule has 17 nitrogen and oxygen atoms in total. The lowest BCUT2D eigenvalue weighted by molar-refractivity contribution is -0.161. The summed E-state index contributed by atoms with van der Waals surface area (Å²) >= 11 is 0. The number of aliphatic hydroxyl groups excluding tert-OH is 1. The van der Waals surface area contributed by atoms with E-state index in [0.29, 0.717) is 31.6 Å². The van der Waals surface area contributed by atoms with Crippen molar-refractivity contribution < 1.29 is 80.2 Å². The molecule has 0 aromatic heterocycles. The molecule has 93 heavy (non-hydrogen) atoms. The van der Waals surface area contributed by atoms with Gasteiger partial charge in [-0.3, -0.25) is 37.3 Å². The van der Waals surface area contributed by atoms with Crippen LogP contribution in [0.4, 0.5) is 0 Å². The largest absolute Gasteiger partial charge is 0.472 e. The third-order valence-electron chi connectivity index (χ3n) is 17.1. The molecule has 0 heterocycles. The minimum Gasteiger partial charge on any atom is -0.462 e. The van der Waals surface area contributed by atoms with Gasteiger partial charge in [-0.2, -0.15) is 0 Å². The number of hydrogen-bond acceptors (Lipinski definition) is 15. The summed E-state index contributed by atoms with van der Waals surface area (Å²) in [6.07, 6.45) is 50.3. The summed E-state index contributed by atoms with van der Waals surface area (Å²) in [6, 6.07) is 0. The normalized spacial score (nSPS) is 14.1. The number of carbonyl (C=O) groups is 4. The monoisotopic (exact) mass is 1370 g/mol. The van der Waals surface area contributed by atoms with Gasteiger partial charge in [-0.15, -0.1) is 0 Å². The number of aliphatic hydroxyl groups is 1. The first-order valence-corrected chi connectivity index (χ1v) is 41.3. The quantitative estimate of drug-likeness (QED) is 0.0222. The van der Waals surface area contributed by atoms with Gasteiger partial charge in [-0.1, -0.05) is 325 Å². The Bertz CT molecular complexity index is 1820. The highest BCUT2D eigenvalue weighted by molar-refractivity contribution is 7.47. The van der Waals surface area contributed by atoms with Crippen LogP contribution in [0, 0.1) is 17.8 Å². The topological polar surface area (TPSA) is 237 Å². The highest BCUT2D eigenvalue weighted by Gasteiger charge is 2.30. The fourth-order valence-corrected chi connectivity index (χ4v) is 12.8. The van der Waals surface area contributed by atoms with Crippen molar-refractivity contribution in [3.05, 3.63) is 0 Å². The summed E-state index contributed by atoms with van der Waals surface area (Å²) in [7, 11) is -9.90. The second-order valence-corrected chi connectivity index (χ2v) is 31.0. The molecular weight excluding hydrogens is 1220 g/mol. The molecule has 19 heteroatoms. The highest BCUT2D eigenvalue weighted by atomic mass is 31.2. The maximum absolute atomic E-state index is 13.1. The Hall–Kier alpha value is -1.94. The van der Waals surface area contributed by atoms with Gasteiger partial charge < -0.3 is 33.8 Å². The van der Waals surface area contributed by atoms with E-state index in [2.05, 4.69) is 48.5 Å². The summed E-state index contributed by atoms with van der Waals surface area (Å²) in [4.78, 5) is 72.5. The Kier molecular flexibility index (Phi) is 63.4. The number of rotatable bonds is 72. The maximum Gasteiger partial charge on any atom is 0.472 e. The van der Waals surface area contributed by atoms with Crippen LogP contribution in [0.1, 0.15) is 376 Å². The first-order chi connectivity index (χ1) is 44.7. The van der Waals surface area contributed by atoms with Crippen molar-refractivity contribution in [1.29, 1.82) is 0 Å². The average molecular weight is 1370 g/mol. The lowest BCUT2D eigenvalue weighted by Gasteiger charge is -2.21. The predicted molar refractivity (Wildman–Crippen MR) is 377 cm³/mol. The molecule has 5 atom stereocenters. The SMILES string of the molecule is CCCCCCCCCCC(=O)OC[C@H](COP(=O)(O)OC[C@H](O)COP(=O)(O)OC[C@@H](COC(=O)CCCCCCCCCCCCCCCCCC(C)C)OC(=O)CCCCCCCCCCCCCCCCCC(C)C)OC(=O)CCCCCCCCC(C)C. The molecule has 0 aliphatic heterocycles. The van der Waals surface area contributed by atoms with Crippen LogP contribution < -0.4 is 0 Å². The molecular formula is C74H144O17P2. The summed E-state index contributed by atoms with van der Waals surface area (Å²) in [6.45, 7) is 11.8. The van der Waals surface area contributed by atoms with E-state index in [9.17, 15) is 43.2 Å². The van der Waals surface area contributed by atoms with Crippen LogP contribution in [-0.4, -0.2) is 96.7 Å². The molecule has 0 saturated carbocycles. The fraction of sp³-hybridized carbons (Fsp3) is 0.946. The van der Waals surface area contributed by atoms with E-state index >= 15 is 0 Å². The smallest absolute Gasteiger partial charge is 0.462 e. The first-order valence-electron chi connectivity index (χ1n) is 38.3. The van der Waals surface area contributed by atoms with Gasteiger partial charge in [0.15, 0.2) is 12.2 Å². The van der Waals surface area contributed by atoms with Crippen molar-refractivity contribution in [2.24, 2.45) is 17.8 Å². The third kappa shape index (κ3) is 68.4. The molecule has 0 bridgehead atoms. The molecule has 552 valence electrons. The van der Waals surface area contributed by atoms with Gasteiger partial charge >= 0.3 is 39.5 Å². The van der Waals surface area contributed by atoms with Gasteiger partial charge in [0.25, 0.3) is 0 Å². The van der Waals surface area contributed by atoms with Crippen molar-refractivity contribution in [2.45, 2.75) is 394 Å². The molecule has 0 radical (unpaired) electrons. The Morgan fingerprint density at radius 2 is 0.495 bits per heavy atom. The Labute approximate surface area is 568 Å². The number of phosphoric ester groups is 2. The molecule has 0 aliphatic carbocycles. The zero-order chi connectivity index (χ0) is 68.7. The van der Waals surface area contributed by atoms with E-state index in [-0.39, 0.29) is 25.7 Å². The average Bonchev–Trinajstić information content (AvgIpc) is 3.30. The second-order valence-electron chi connectivity index (χ2n) is 28.1. The summed E-state index contributed by atoms with van der Waals surface area (Å²) in [5, 5.41) is 10.6. The van der Waals surface area contributed by atoms with E-state index in [1.807, 2.05) is 0 Å². The van der Waals surface area contributed by atoms with E-state index < -0.39 is 97.5 Å². The Morgan fingerprint density at radius 1 is 0.290 bits per heavy atom. The van der Waals surface area contributed by atoms with Gasteiger partial charge in [-0.25, -0.2) is 9.13 Å². The molecule has 0 spiro atoms. The van der Waals surface area contributed by atoms with Gasteiger partial charge in [0.1, 0.15) is 19.3 Å². The lowest BCUT2D eigenvalue weighted by atomic mass is 10.0. The van der Waals surface area contributed by atoms with E-state index in [4.69, 9.17) is 37.0 Å². The number of hydrogen-bond donors (Lipinski definition) is 3. The molecule has 0 fully saturated rings. The van der Waals surface area contributed by atoms with Crippen LogP contribution in [0.2, 0.25) is 0 Å². The Balaban J connectivity index is 5.18. The molecule has 0 aromatic carbocycles. The maximum atomic E-state index is 13.1. The van der Waals surface area contributed by atoms with E-state index in [1.54, 1.807) is 0 Å². The fourth-order valence-electron chi connectivity index (χ4n) is 11.2. The van der Waals surface area contributed by atoms with Gasteiger partial charge in [0, 0.05) is 25.7 Å². The van der Waals surface area contributed by atoms with Crippen molar-refractivity contribution in [3.63, 3.8) is 0 Å². The first kappa shape index (κ1) is 91.1. The third-order valence-corrected chi connectivity index (χ3v) is 19.0. The van der Waals surface area contributed by atoms with E-state index in [0.717, 1.165) is 108 Å².